The number of hydrogen-bond donors (Lipinski definition) is 1. The van der Waals surface area contributed by atoms with E-state index in [-0.39, 0.29) is 6.04 Å². The van der Waals surface area contributed by atoms with Gasteiger partial charge in [-0.1, -0.05) is 6.07 Å². The quantitative estimate of drug-likeness (QED) is 0.885. The monoisotopic (exact) mass is 330 g/mol. The molecule has 2 aromatic rings. The summed E-state index contributed by atoms with van der Waals surface area (Å²) in [6, 6.07) is 7.33. The number of sulfonamides is 1. The lowest BCUT2D eigenvalue weighted by atomic mass is 10.2. The van der Waals surface area contributed by atoms with Crippen molar-refractivity contribution in [1.82, 2.24) is 4.31 Å². The van der Waals surface area contributed by atoms with Gasteiger partial charge in [0.05, 0.1) is 0 Å². The predicted molar refractivity (Wildman–Crippen MR) is 84.6 cm³/mol. The second-order valence-electron chi connectivity index (χ2n) is 4.58. The minimum atomic E-state index is -3.43. The van der Waals surface area contributed by atoms with Gasteiger partial charge in [-0.15, -0.1) is 22.7 Å². The van der Waals surface area contributed by atoms with E-state index in [4.69, 9.17) is 5.73 Å². The summed E-state index contributed by atoms with van der Waals surface area (Å²) < 4.78 is 26.9. The van der Waals surface area contributed by atoms with Crippen molar-refractivity contribution in [3.63, 3.8) is 0 Å². The van der Waals surface area contributed by atoms with Gasteiger partial charge in [-0.05, 0) is 36.9 Å². The van der Waals surface area contributed by atoms with E-state index < -0.39 is 10.0 Å². The maximum Gasteiger partial charge on any atom is 0.252 e. The van der Waals surface area contributed by atoms with Gasteiger partial charge in [0.15, 0.2) is 0 Å². The van der Waals surface area contributed by atoms with Crippen LogP contribution < -0.4 is 5.73 Å². The third-order valence-corrected chi connectivity index (χ3v) is 7.61. The summed E-state index contributed by atoms with van der Waals surface area (Å²) in [6.07, 6.45) is 0.725. The zero-order valence-corrected chi connectivity index (χ0v) is 13.9. The van der Waals surface area contributed by atoms with Crippen molar-refractivity contribution in [2.75, 3.05) is 7.05 Å². The molecular formula is C13H18N2O2S3. The largest absolute Gasteiger partial charge is 0.326 e. The smallest absolute Gasteiger partial charge is 0.252 e. The van der Waals surface area contributed by atoms with Gasteiger partial charge in [0, 0.05) is 29.4 Å². The fourth-order valence-electron chi connectivity index (χ4n) is 1.83. The van der Waals surface area contributed by atoms with E-state index in [1.54, 1.807) is 30.5 Å². The average molecular weight is 331 g/mol. The summed E-state index contributed by atoms with van der Waals surface area (Å²) in [5.74, 6) is 0. The highest BCUT2D eigenvalue weighted by Crippen LogP contribution is 2.26. The van der Waals surface area contributed by atoms with E-state index in [0.29, 0.717) is 10.8 Å². The summed E-state index contributed by atoms with van der Waals surface area (Å²) in [7, 11) is -1.80. The minimum absolute atomic E-state index is 0.0814. The van der Waals surface area contributed by atoms with E-state index in [1.807, 2.05) is 24.4 Å². The van der Waals surface area contributed by atoms with Crippen molar-refractivity contribution in [3.8, 4) is 0 Å². The van der Waals surface area contributed by atoms with E-state index in [1.165, 1.54) is 20.5 Å². The SMILES string of the molecule is CC(Cc1cccs1)N(C)S(=O)(=O)c1ccc(CN)s1. The normalized spacial score (nSPS) is 13.8. The van der Waals surface area contributed by atoms with E-state index in [9.17, 15) is 8.42 Å². The molecule has 2 N–H and O–H groups in total. The number of hydrogen-bond acceptors (Lipinski definition) is 5. The molecule has 4 nitrogen and oxygen atoms in total. The molecule has 0 amide bonds. The lowest BCUT2D eigenvalue weighted by Gasteiger charge is -2.23. The standard InChI is InChI=1S/C13H18N2O2S3/c1-10(8-11-4-3-7-18-11)15(2)20(16,17)13-6-5-12(9-14)19-13/h3-7,10H,8-9,14H2,1-2H3. The van der Waals surface area contributed by atoms with E-state index in [2.05, 4.69) is 0 Å². The zero-order chi connectivity index (χ0) is 14.8. The summed E-state index contributed by atoms with van der Waals surface area (Å²) in [4.78, 5) is 2.07. The molecule has 0 spiro atoms. The second kappa shape index (κ2) is 6.36. The lowest BCUT2D eigenvalue weighted by Crippen LogP contribution is -2.35. The van der Waals surface area contributed by atoms with Crippen molar-refractivity contribution >= 4 is 32.7 Å². The molecule has 1 atom stereocenters. The lowest BCUT2D eigenvalue weighted by molar-refractivity contribution is 0.389. The van der Waals surface area contributed by atoms with Crippen LogP contribution in [0.3, 0.4) is 0 Å². The first kappa shape index (κ1) is 15.7. The predicted octanol–water partition coefficient (Wildman–Crippen LogP) is 2.52. The fraction of sp³-hybridized carbons (Fsp3) is 0.385. The maximum atomic E-state index is 12.5. The molecule has 7 heteroatoms. The highest BCUT2D eigenvalue weighted by molar-refractivity contribution is 7.91. The first-order valence-corrected chi connectivity index (χ1v) is 9.38. The molecule has 0 aliphatic rings. The van der Waals surface area contributed by atoms with Crippen LogP contribution in [0, 0.1) is 0 Å². The Balaban J connectivity index is 2.15. The second-order valence-corrected chi connectivity index (χ2v) is 9.00. The Hall–Kier alpha value is -0.730. The number of nitrogens with zero attached hydrogens (tertiary/aromatic N) is 1. The number of thiophene rings is 2. The van der Waals surface area contributed by atoms with Gasteiger partial charge in [-0.25, -0.2) is 8.42 Å². The fourth-order valence-corrected chi connectivity index (χ4v) is 5.44. The van der Waals surface area contributed by atoms with Gasteiger partial charge in [0.25, 0.3) is 10.0 Å². The molecule has 0 fully saturated rings. The Labute approximate surface area is 127 Å². The van der Waals surface area contributed by atoms with Crippen LogP contribution in [-0.2, 0) is 23.0 Å². The van der Waals surface area contributed by atoms with Crippen molar-refractivity contribution < 1.29 is 8.42 Å². The average Bonchev–Trinajstić information content (AvgIpc) is 3.08. The Morgan fingerprint density at radius 2 is 2.05 bits per heavy atom. The summed E-state index contributed by atoms with van der Waals surface area (Å²) >= 11 is 2.89. The topological polar surface area (TPSA) is 63.4 Å². The molecule has 2 heterocycles. The van der Waals surface area contributed by atoms with Gasteiger partial charge in [0.1, 0.15) is 4.21 Å². The van der Waals surface area contributed by atoms with Crippen LogP contribution in [-0.4, -0.2) is 25.8 Å². The van der Waals surface area contributed by atoms with Crippen molar-refractivity contribution in [1.29, 1.82) is 0 Å². The van der Waals surface area contributed by atoms with Crippen LogP contribution in [0.5, 0.6) is 0 Å². The van der Waals surface area contributed by atoms with Crippen LogP contribution in [0.4, 0.5) is 0 Å². The van der Waals surface area contributed by atoms with Gasteiger partial charge < -0.3 is 5.73 Å². The van der Waals surface area contributed by atoms with Crippen LogP contribution >= 0.6 is 22.7 Å². The Bertz CT molecular complexity index is 647. The summed E-state index contributed by atoms with van der Waals surface area (Å²) in [6.45, 7) is 2.30. The van der Waals surface area contributed by atoms with Crippen LogP contribution in [0.2, 0.25) is 0 Å². The maximum absolute atomic E-state index is 12.5. The van der Waals surface area contributed by atoms with Gasteiger partial charge >= 0.3 is 0 Å². The highest BCUT2D eigenvalue weighted by atomic mass is 32.2. The van der Waals surface area contributed by atoms with Gasteiger partial charge in [-0.3, -0.25) is 0 Å². The van der Waals surface area contributed by atoms with Crippen molar-refractivity contribution in [3.05, 3.63) is 39.4 Å². The molecule has 0 saturated heterocycles. The van der Waals surface area contributed by atoms with Crippen molar-refractivity contribution in [2.24, 2.45) is 5.73 Å². The summed E-state index contributed by atoms with van der Waals surface area (Å²) in [5, 5.41) is 2.00. The van der Waals surface area contributed by atoms with Crippen LogP contribution in [0.25, 0.3) is 0 Å². The molecule has 0 bridgehead atoms. The Morgan fingerprint density at radius 3 is 2.60 bits per heavy atom. The minimum Gasteiger partial charge on any atom is -0.326 e. The van der Waals surface area contributed by atoms with Crippen LogP contribution in [0.1, 0.15) is 16.7 Å². The van der Waals surface area contributed by atoms with Gasteiger partial charge in [-0.2, -0.15) is 4.31 Å². The molecule has 20 heavy (non-hydrogen) atoms. The molecule has 0 radical (unpaired) electrons. The molecule has 1 unspecified atom stereocenters. The molecule has 2 aromatic heterocycles. The van der Waals surface area contributed by atoms with E-state index in [0.717, 1.165) is 11.3 Å². The summed E-state index contributed by atoms with van der Waals surface area (Å²) in [5.41, 5.74) is 5.54. The molecule has 2 rings (SSSR count). The number of rotatable bonds is 6. The molecule has 0 aliphatic heterocycles. The van der Waals surface area contributed by atoms with E-state index >= 15 is 0 Å². The molecule has 0 saturated carbocycles. The third kappa shape index (κ3) is 3.29. The van der Waals surface area contributed by atoms with Gasteiger partial charge in [0.2, 0.25) is 0 Å². The third-order valence-electron chi connectivity index (χ3n) is 3.17. The first-order valence-electron chi connectivity index (χ1n) is 6.24. The molecule has 0 aromatic carbocycles. The van der Waals surface area contributed by atoms with Crippen LogP contribution in [0.15, 0.2) is 33.9 Å². The molecular weight excluding hydrogens is 312 g/mol. The number of nitrogens with two attached hydrogens (primary N) is 1. The Morgan fingerprint density at radius 1 is 1.30 bits per heavy atom. The molecule has 110 valence electrons. The molecule has 0 aliphatic carbocycles. The number of likely N-dealkylation sites (N-methyl/N-ethyl adjacent to an activating group) is 1. The highest BCUT2D eigenvalue weighted by Gasteiger charge is 2.27. The first-order chi connectivity index (χ1) is 9.45. The Kier molecular flexibility index (Phi) is 4.98. The van der Waals surface area contributed by atoms with Crippen molar-refractivity contribution in [2.45, 2.75) is 30.1 Å². The zero-order valence-electron chi connectivity index (χ0n) is 11.4.